The van der Waals surface area contributed by atoms with E-state index in [1.54, 1.807) is 0 Å². The first kappa shape index (κ1) is 35.7. The van der Waals surface area contributed by atoms with Crippen molar-refractivity contribution in [1.29, 1.82) is 0 Å². The highest BCUT2D eigenvalue weighted by molar-refractivity contribution is 5.95. The van der Waals surface area contributed by atoms with Gasteiger partial charge in [-0.15, -0.1) is 24.8 Å². The molecule has 2 fully saturated rings. The molecule has 5 nitrogen and oxygen atoms in total. The summed E-state index contributed by atoms with van der Waals surface area (Å²) in [6, 6.07) is 6.33. The summed E-state index contributed by atoms with van der Waals surface area (Å²) >= 11 is 0. The molecular weight excluding hydrogens is 607 g/mol. The summed E-state index contributed by atoms with van der Waals surface area (Å²) in [5, 5.41) is 3.25. The second-order valence-electron chi connectivity index (χ2n) is 10.2. The summed E-state index contributed by atoms with van der Waals surface area (Å²) in [4.78, 5) is 17.0. The van der Waals surface area contributed by atoms with Crippen LogP contribution in [0.15, 0.2) is 36.4 Å². The topological polar surface area (TPSA) is 44.8 Å². The third kappa shape index (κ3) is 9.25. The second kappa shape index (κ2) is 14.8. The molecule has 2 atom stereocenters. The molecule has 232 valence electrons. The fourth-order valence-electron chi connectivity index (χ4n) is 4.89. The molecule has 0 aliphatic carbocycles. The number of nitrogens with zero attached hydrogens (tertiary/aromatic N) is 2. The lowest BCUT2D eigenvalue weighted by Crippen LogP contribution is -2.56. The Morgan fingerprint density at radius 3 is 2.21 bits per heavy atom. The van der Waals surface area contributed by atoms with Gasteiger partial charge in [-0.2, -0.15) is 26.3 Å². The number of benzene rings is 2. The highest BCUT2D eigenvalue weighted by Gasteiger charge is 2.39. The fourth-order valence-corrected chi connectivity index (χ4v) is 4.89. The first-order chi connectivity index (χ1) is 18.8. The van der Waals surface area contributed by atoms with Gasteiger partial charge >= 0.3 is 12.4 Å². The van der Waals surface area contributed by atoms with E-state index in [9.17, 15) is 31.1 Å². The van der Waals surface area contributed by atoms with Gasteiger partial charge in [0.15, 0.2) is 0 Å². The molecule has 0 aromatic heterocycles. The van der Waals surface area contributed by atoms with Crippen molar-refractivity contribution in [1.82, 2.24) is 15.1 Å². The molecule has 2 aliphatic heterocycles. The van der Waals surface area contributed by atoms with Crippen LogP contribution in [0.25, 0.3) is 0 Å². The quantitative estimate of drug-likeness (QED) is 0.352. The predicted molar refractivity (Wildman–Crippen MR) is 152 cm³/mol. The van der Waals surface area contributed by atoms with Crippen LogP contribution >= 0.6 is 24.8 Å². The van der Waals surface area contributed by atoms with Crippen molar-refractivity contribution in [2.24, 2.45) is 0 Å². The predicted octanol–water partition coefficient (Wildman–Crippen LogP) is 5.55. The van der Waals surface area contributed by atoms with Crippen molar-refractivity contribution in [3.63, 3.8) is 0 Å². The van der Waals surface area contributed by atoms with Crippen molar-refractivity contribution in [2.45, 2.75) is 44.7 Å². The summed E-state index contributed by atoms with van der Waals surface area (Å²) in [5.74, 6) is 5.39. The smallest absolute Gasteiger partial charge is 0.377 e. The Kier molecular flexibility index (Phi) is 12.6. The molecular formula is C29H33Cl2F6N3O2. The number of rotatable bonds is 4. The Labute approximate surface area is 253 Å². The van der Waals surface area contributed by atoms with Crippen LogP contribution in [0, 0.1) is 25.7 Å². The van der Waals surface area contributed by atoms with E-state index in [1.807, 2.05) is 36.9 Å². The Hall–Kier alpha value is -2.49. The summed E-state index contributed by atoms with van der Waals surface area (Å²) in [7, 11) is 0. The molecule has 0 saturated carbocycles. The standard InChI is InChI=1S/C29H31F6N3O2.2ClH/c1-19-5-6-21(12-20(19)2)13-26-17-37(8-3-4-25-18-40-11-7-36-25)9-10-38(26)27(39)22-14-23(28(30,31)32)16-24(15-22)29(33,34)35;;/h5-6,12,14-16,25-26,36H,7-11,13,17-18H2,1-2H3;2*1H/t25-,26-;;/m1../s1. The highest BCUT2D eigenvalue weighted by atomic mass is 35.5. The van der Waals surface area contributed by atoms with E-state index in [-0.39, 0.29) is 43.5 Å². The van der Waals surface area contributed by atoms with Crippen LogP contribution in [0.5, 0.6) is 0 Å². The second-order valence-corrected chi connectivity index (χ2v) is 10.2. The first-order valence-electron chi connectivity index (χ1n) is 13.0. The lowest BCUT2D eigenvalue weighted by molar-refractivity contribution is -0.143. The summed E-state index contributed by atoms with van der Waals surface area (Å²) in [6.45, 7) is 7.04. The molecule has 4 rings (SSSR count). The van der Waals surface area contributed by atoms with Crippen molar-refractivity contribution in [3.8, 4) is 11.8 Å². The minimum atomic E-state index is -5.04. The van der Waals surface area contributed by atoms with E-state index < -0.39 is 41.0 Å². The Bertz CT molecular complexity index is 1250. The van der Waals surface area contributed by atoms with Crippen LogP contribution in [0.4, 0.5) is 26.3 Å². The first-order valence-corrected chi connectivity index (χ1v) is 13.0. The molecule has 0 spiro atoms. The molecule has 1 amide bonds. The van der Waals surface area contributed by atoms with E-state index >= 15 is 0 Å². The number of piperazine rings is 1. The summed E-state index contributed by atoms with van der Waals surface area (Å²) in [5.41, 5.74) is -0.604. The SMILES string of the molecule is Cc1ccc(C[C@@H]2CN(CC#C[C@@H]3COCCN3)CCN2C(=O)c2cc(C(F)(F)F)cc(C(F)(F)F)c2)cc1C.Cl.Cl. The summed E-state index contributed by atoms with van der Waals surface area (Å²) in [6.07, 6.45) is -9.69. The van der Waals surface area contributed by atoms with Crippen molar-refractivity contribution >= 4 is 30.7 Å². The molecule has 2 saturated heterocycles. The number of morpholine rings is 1. The molecule has 2 aromatic carbocycles. The molecule has 2 heterocycles. The van der Waals surface area contributed by atoms with Crippen LogP contribution in [0.2, 0.25) is 0 Å². The molecule has 0 radical (unpaired) electrons. The van der Waals surface area contributed by atoms with Crippen LogP contribution in [-0.2, 0) is 23.5 Å². The lowest BCUT2D eigenvalue weighted by Gasteiger charge is -2.41. The maximum Gasteiger partial charge on any atom is 0.416 e. The molecule has 2 aliphatic rings. The normalized spacial score (nSPS) is 19.7. The lowest BCUT2D eigenvalue weighted by atomic mass is 9.97. The third-order valence-corrected chi connectivity index (χ3v) is 7.21. The number of aryl methyl sites for hydroxylation is 2. The van der Waals surface area contributed by atoms with Crippen LogP contribution in [-0.4, -0.2) is 73.7 Å². The van der Waals surface area contributed by atoms with E-state index in [0.717, 1.165) is 16.7 Å². The van der Waals surface area contributed by atoms with Crippen LogP contribution in [0.3, 0.4) is 0 Å². The molecule has 42 heavy (non-hydrogen) atoms. The van der Waals surface area contributed by atoms with E-state index in [0.29, 0.717) is 57.9 Å². The average molecular weight is 640 g/mol. The Morgan fingerprint density at radius 2 is 1.64 bits per heavy atom. The number of amides is 1. The minimum Gasteiger partial charge on any atom is -0.377 e. The van der Waals surface area contributed by atoms with E-state index in [4.69, 9.17) is 4.74 Å². The monoisotopic (exact) mass is 639 g/mol. The van der Waals surface area contributed by atoms with Gasteiger partial charge in [0, 0.05) is 37.8 Å². The van der Waals surface area contributed by atoms with Gasteiger partial charge in [-0.1, -0.05) is 30.0 Å². The molecule has 0 unspecified atom stereocenters. The highest BCUT2D eigenvalue weighted by Crippen LogP contribution is 2.37. The number of hydrogen-bond donors (Lipinski definition) is 1. The molecule has 2 aromatic rings. The van der Waals surface area contributed by atoms with Gasteiger partial charge in [-0.05, 0) is 55.2 Å². The Morgan fingerprint density at radius 1 is 0.976 bits per heavy atom. The van der Waals surface area contributed by atoms with Crippen LogP contribution in [0.1, 0.15) is 38.2 Å². The fraction of sp³-hybridized carbons (Fsp3) is 0.483. The van der Waals surface area contributed by atoms with Gasteiger partial charge in [0.1, 0.15) is 0 Å². The van der Waals surface area contributed by atoms with Gasteiger partial charge in [0.05, 0.1) is 36.9 Å². The van der Waals surface area contributed by atoms with E-state index in [2.05, 4.69) is 17.2 Å². The maximum atomic E-state index is 13.5. The van der Waals surface area contributed by atoms with Crippen molar-refractivity contribution < 1.29 is 35.9 Å². The third-order valence-electron chi connectivity index (χ3n) is 7.21. The van der Waals surface area contributed by atoms with Gasteiger partial charge in [0.2, 0.25) is 0 Å². The zero-order chi connectivity index (χ0) is 29.1. The van der Waals surface area contributed by atoms with Gasteiger partial charge in [-0.3, -0.25) is 15.0 Å². The molecule has 0 bridgehead atoms. The average Bonchev–Trinajstić information content (AvgIpc) is 2.90. The number of carbonyl (C=O) groups is 1. The maximum absolute atomic E-state index is 13.5. The number of hydrogen-bond acceptors (Lipinski definition) is 4. The van der Waals surface area contributed by atoms with Crippen LogP contribution < -0.4 is 5.32 Å². The van der Waals surface area contributed by atoms with Gasteiger partial charge in [0.25, 0.3) is 5.91 Å². The van der Waals surface area contributed by atoms with Gasteiger partial charge in [-0.25, -0.2) is 0 Å². The number of carbonyl (C=O) groups excluding carboxylic acids is 1. The molecule has 13 heteroatoms. The number of ether oxygens (including phenoxy) is 1. The minimum absolute atomic E-state index is 0. The number of nitrogens with one attached hydrogen (secondary N) is 1. The van der Waals surface area contributed by atoms with E-state index in [1.165, 1.54) is 4.90 Å². The van der Waals surface area contributed by atoms with Gasteiger partial charge < -0.3 is 9.64 Å². The van der Waals surface area contributed by atoms with Crippen molar-refractivity contribution in [3.05, 3.63) is 69.8 Å². The molecule has 1 N–H and O–H groups in total. The largest absolute Gasteiger partial charge is 0.416 e. The summed E-state index contributed by atoms with van der Waals surface area (Å²) < 4.78 is 86.1. The Balaban J connectivity index is 0.00000308. The zero-order valence-electron chi connectivity index (χ0n) is 23.1. The number of alkyl halides is 6. The number of halogens is 8. The zero-order valence-corrected chi connectivity index (χ0v) is 24.7. The van der Waals surface area contributed by atoms with Crippen molar-refractivity contribution in [2.75, 3.05) is 45.9 Å².